The number of hydrogen-bond donors (Lipinski definition) is 1. The average Bonchev–Trinajstić information content (AvgIpc) is 3.75. The molecule has 0 saturated heterocycles. The van der Waals surface area contributed by atoms with Crippen LogP contribution in [0, 0.1) is 17.8 Å². The Hall–Kier alpha value is -3.19. The highest BCUT2D eigenvalue weighted by Crippen LogP contribution is 2.37. The van der Waals surface area contributed by atoms with Crippen molar-refractivity contribution in [1.82, 2.24) is 29.2 Å². The van der Waals surface area contributed by atoms with Gasteiger partial charge in [-0.2, -0.15) is 9.97 Å². The number of nitrogens with zero attached hydrogens (tertiary/aromatic N) is 7. The van der Waals surface area contributed by atoms with E-state index in [0.29, 0.717) is 17.2 Å². The molecule has 0 spiro atoms. The van der Waals surface area contributed by atoms with Crippen molar-refractivity contribution in [2.45, 2.75) is 38.5 Å². The van der Waals surface area contributed by atoms with Crippen molar-refractivity contribution in [1.29, 1.82) is 0 Å². The van der Waals surface area contributed by atoms with Gasteiger partial charge in [-0.15, -0.1) is 10.2 Å². The van der Waals surface area contributed by atoms with E-state index >= 15 is 0 Å². The lowest BCUT2D eigenvalue weighted by Gasteiger charge is -2.16. The van der Waals surface area contributed by atoms with Gasteiger partial charge in [-0.3, -0.25) is 19.7 Å². The van der Waals surface area contributed by atoms with Crippen molar-refractivity contribution in [3.05, 3.63) is 45.6 Å². The molecule has 13 heteroatoms. The molecule has 11 nitrogen and oxygen atoms in total. The van der Waals surface area contributed by atoms with E-state index in [2.05, 4.69) is 57.3 Å². The Bertz CT molecular complexity index is 1510. The number of aromatic nitrogens is 6. The summed E-state index contributed by atoms with van der Waals surface area (Å²) in [6.07, 6.45) is 5.36. The Kier molecular flexibility index (Phi) is 6.27. The minimum atomic E-state index is -0.154. The molecule has 4 heterocycles. The molecule has 4 aromatic heterocycles. The molecule has 7 rings (SSSR count). The number of carbonyl (C=O) groups is 3. The first-order valence-electron chi connectivity index (χ1n) is 12.1. The number of imide groups is 1. The molecule has 0 unspecified atom stereocenters. The molecular formula is C24H22Br2N8O3. The van der Waals surface area contributed by atoms with Crippen molar-refractivity contribution in [2.24, 2.45) is 17.8 Å². The Balaban J connectivity index is 0.000000141. The summed E-state index contributed by atoms with van der Waals surface area (Å²) in [5, 5.41) is 11.2. The fourth-order valence-corrected chi connectivity index (χ4v) is 4.60. The maximum atomic E-state index is 12.4. The van der Waals surface area contributed by atoms with E-state index in [4.69, 9.17) is 0 Å². The number of nitrogens with one attached hydrogen (secondary N) is 1. The van der Waals surface area contributed by atoms with E-state index in [0.717, 1.165) is 47.7 Å². The molecule has 3 amide bonds. The molecular weight excluding hydrogens is 608 g/mol. The lowest BCUT2D eigenvalue weighted by atomic mass is 10.3. The third-order valence-corrected chi connectivity index (χ3v) is 7.49. The lowest BCUT2D eigenvalue weighted by molar-refractivity contribution is -0.128. The SMILES string of the molecule is O=C(C1CC1)N(C(=O)C1CC1)c1nc2cccc(Br)n2n1.O=C(Nc1nc2cccc(Br)n2n1)C1CC1. The summed E-state index contributed by atoms with van der Waals surface area (Å²) in [6.45, 7) is 0. The summed E-state index contributed by atoms with van der Waals surface area (Å²) in [4.78, 5) is 46.2. The first-order chi connectivity index (χ1) is 17.9. The van der Waals surface area contributed by atoms with Gasteiger partial charge in [0.15, 0.2) is 11.3 Å². The number of fused-ring (bicyclic) bond motifs is 2. The van der Waals surface area contributed by atoms with Gasteiger partial charge < -0.3 is 0 Å². The van der Waals surface area contributed by atoms with Gasteiger partial charge in [-0.1, -0.05) is 12.1 Å². The highest BCUT2D eigenvalue weighted by Gasteiger charge is 2.43. The second kappa shape index (κ2) is 9.60. The Morgan fingerprint density at radius 3 is 1.76 bits per heavy atom. The monoisotopic (exact) mass is 628 g/mol. The van der Waals surface area contributed by atoms with Crippen LogP contribution in [-0.2, 0) is 14.4 Å². The van der Waals surface area contributed by atoms with E-state index in [-0.39, 0.29) is 41.4 Å². The minimum absolute atomic E-state index is 0.0204. The molecule has 4 aromatic rings. The number of hydrogen-bond acceptors (Lipinski definition) is 7. The molecule has 0 bridgehead atoms. The molecule has 37 heavy (non-hydrogen) atoms. The first-order valence-corrected chi connectivity index (χ1v) is 13.7. The van der Waals surface area contributed by atoms with Crippen LogP contribution in [0.2, 0.25) is 0 Å². The minimum Gasteiger partial charge on any atom is -0.293 e. The smallest absolute Gasteiger partial charge is 0.259 e. The summed E-state index contributed by atoms with van der Waals surface area (Å²) in [5.74, 6) is 0.352. The molecule has 0 atom stereocenters. The average molecular weight is 630 g/mol. The van der Waals surface area contributed by atoms with Crippen LogP contribution in [0.25, 0.3) is 11.3 Å². The standard InChI is InChI=1S/C14H13BrN4O2.C10H9BrN4O/c15-10-2-1-3-11-16-14(17-19(10)11)18(12(20)8-4-5-8)13(21)9-6-7-9;11-7-2-1-3-8-12-10(14-15(7)8)13-9(16)6-4-5-6/h1-3,8-9H,4-7H2;1-3,6H,4-5H2,(H,13,14,16). The van der Waals surface area contributed by atoms with Crippen LogP contribution in [0.15, 0.2) is 45.6 Å². The van der Waals surface area contributed by atoms with E-state index in [9.17, 15) is 14.4 Å². The Morgan fingerprint density at radius 1 is 0.757 bits per heavy atom. The predicted molar refractivity (Wildman–Crippen MR) is 141 cm³/mol. The maximum Gasteiger partial charge on any atom is 0.259 e. The van der Waals surface area contributed by atoms with Crippen molar-refractivity contribution in [3.8, 4) is 0 Å². The molecule has 3 fully saturated rings. The van der Waals surface area contributed by atoms with Gasteiger partial charge in [-0.25, -0.2) is 13.9 Å². The number of amides is 3. The summed E-state index contributed by atoms with van der Waals surface area (Å²) in [5.41, 5.74) is 1.32. The van der Waals surface area contributed by atoms with Gasteiger partial charge in [0.1, 0.15) is 9.21 Å². The van der Waals surface area contributed by atoms with Gasteiger partial charge in [0.25, 0.3) is 5.95 Å². The number of halogens is 2. The number of rotatable bonds is 5. The third-order valence-electron chi connectivity index (χ3n) is 6.29. The lowest BCUT2D eigenvalue weighted by Crippen LogP contribution is -2.40. The Labute approximate surface area is 227 Å². The topological polar surface area (TPSA) is 127 Å². The van der Waals surface area contributed by atoms with E-state index < -0.39 is 0 Å². The molecule has 3 saturated carbocycles. The van der Waals surface area contributed by atoms with Gasteiger partial charge in [-0.05, 0) is 94.7 Å². The normalized spacial score (nSPS) is 16.8. The summed E-state index contributed by atoms with van der Waals surface area (Å²) in [7, 11) is 0. The van der Waals surface area contributed by atoms with Gasteiger partial charge in [0.05, 0.1) is 0 Å². The number of pyridine rings is 2. The summed E-state index contributed by atoms with van der Waals surface area (Å²) >= 11 is 6.75. The van der Waals surface area contributed by atoms with Crippen LogP contribution in [0.5, 0.6) is 0 Å². The second-order valence-corrected chi connectivity index (χ2v) is 11.0. The zero-order chi connectivity index (χ0) is 25.7. The molecule has 3 aliphatic carbocycles. The molecule has 0 aromatic carbocycles. The van der Waals surface area contributed by atoms with Gasteiger partial charge in [0, 0.05) is 17.8 Å². The highest BCUT2D eigenvalue weighted by atomic mass is 79.9. The predicted octanol–water partition coefficient (Wildman–Crippen LogP) is 4.01. The number of anilines is 2. The summed E-state index contributed by atoms with van der Waals surface area (Å²) in [6, 6.07) is 11.1. The molecule has 190 valence electrons. The van der Waals surface area contributed by atoms with Crippen LogP contribution < -0.4 is 10.2 Å². The molecule has 0 radical (unpaired) electrons. The first kappa shape index (κ1) is 24.2. The van der Waals surface area contributed by atoms with Crippen LogP contribution in [0.1, 0.15) is 38.5 Å². The van der Waals surface area contributed by atoms with Gasteiger partial charge >= 0.3 is 0 Å². The zero-order valence-electron chi connectivity index (χ0n) is 19.5. The van der Waals surface area contributed by atoms with Crippen molar-refractivity contribution >= 4 is 72.8 Å². The number of carbonyl (C=O) groups excluding carboxylic acids is 3. The fourth-order valence-electron chi connectivity index (χ4n) is 3.77. The molecule has 3 aliphatic rings. The van der Waals surface area contributed by atoms with Gasteiger partial charge in [0.2, 0.25) is 23.7 Å². The quantitative estimate of drug-likeness (QED) is 0.261. The third kappa shape index (κ3) is 5.14. The van der Waals surface area contributed by atoms with Crippen LogP contribution in [0.4, 0.5) is 11.9 Å². The zero-order valence-corrected chi connectivity index (χ0v) is 22.7. The van der Waals surface area contributed by atoms with Crippen LogP contribution in [-0.4, -0.2) is 46.9 Å². The molecule has 1 N–H and O–H groups in total. The van der Waals surface area contributed by atoms with Crippen molar-refractivity contribution in [3.63, 3.8) is 0 Å². The molecule has 0 aliphatic heterocycles. The maximum absolute atomic E-state index is 12.4. The van der Waals surface area contributed by atoms with Crippen molar-refractivity contribution < 1.29 is 14.4 Å². The van der Waals surface area contributed by atoms with Crippen LogP contribution >= 0.6 is 31.9 Å². The van der Waals surface area contributed by atoms with Crippen LogP contribution in [0.3, 0.4) is 0 Å². The van der Waals surface area contributed by atoms with E-state index in [1.807, 2.05) is 30.3 Å². The van der Waals surface area contributed by atoms with Crippen molar-refractivity contribution in [2.75, 3.05) is 10.2 Å². The fraction of sp³-hybridized carbons (Fsp3) is 0.375. The highest BCUT2D eigenvalue weighted by molar-refractivity contribution is 9.10. The van der Waals surface area contributed by atoms with E-state index in [1.165, 1.54) is 4.90 Å². The second-order valence-electron chi connectivity index (χ2n) is 9.41. The Morgan fingerprint density at radius 2 is 1.27 bits per heavy atom. The van der Waals surface area contributed by atoms with E-state index in [1.54, 1.807) is 15.1 Å². The summed E-state index contributed by atoms with van der Waals surface area (Å²) < 4.78 is 4.77. The largest absolute Gasteiger partial charge is 0.293 e.